The summed E-state index contributed by atoms with van der Waals surface area (Å²) in [6, 6.07) is 0. The highest BCUT2D eigenvalue weighted by Gasteiger charge is 2.46. The van der Waals surface area contributed by atoms with Crippen molar-refractivity contribution >= 4 is 11.9 Å². The Kier molecular flexibility index (Phi) is 10.6. The molecular weight excluding hydrogens is 432 g/mol. The molecule has 0 amide bonds. The van der Waals surface area contributed by atoms with Crippen molar-refractivity contribution in [2.24, 2.45) is 16.1 Å². The van der Waals surface area contributed by atoms with Crippen molar-refractivity contribution in [1.82, 2.24) is 0 Å². The number of ether oxygens (including phenoxy) is 4. The lowest BCUT2D eigenvalue weighted by atomic mass is 9.90. The van der Waals surface area contributed by atoms with Crippen LogP contribution in [0.5, 0.6) is 0 Å². The maximum absolute atomic E-state index is 11.2. The molecule has 2 aliphatic heterocycles. The molecule has 2 rings (SSSR count). The molecule has 0 spiro atoms. The molecule has 0 radical (unpaired) electrons. The second-order valence-electron chi connectivity index (χ2n) is 7.35. The minimum Gasteiger partial charge on any atom is -0.458 e. The monoisotopic (exact) mass is 460 g/mol. The SMILES string of the molecule is CC(=O)OC1[C@H](C)C(C)O[C@H](N=[N+]=[N-])[C@H]1OC(C)=O.CC1O[C@H](N=[N+]=[N-])[C@@H](O)C(O)[C@@H]1O. The Morgan fingerprint density at radius 2 is 1.25 bits per heavy atom. The molecule has 2 aliphatic rings. The lowest BCUT2D eigenvalue weighted by molar-refractivity contribution is -0.219. The van der Waals surface area contributed by atoms with Crippen LogP contribution in [0.4, 0.5) is 0 Å². The van der Waals surface area contributed by atoms with Crippen molar-refractivity contribution in [2.45, 2.75) is 89.8 Å². The maximum atomic E-state index is 11.2. The van der Waals surface area contributed by atoms with E-state index >= 15 is 0 Å². The van der Waals surface area contributed by atoms with Crippen LogP contribution in [-0.2, 0) is 28.5 Å². The number of aliphatic hydroxyl groups is 3. The van der Waals surface area contributed by atoms with Gasteiger partial charge < -0.3 is 34.3 Å². The van der Waals surface area contributed by atoms with E-state index in [9.17, 15) is 24.9 Å². The third-order valence-electron chi connectivity index (χ3n) is 4.98. The van der Waals surface area contributed by atoms with Gasteiger partial charge >= 0.3 is 11.9 Å². The largest absolute Gasteiger partial charge is 0.458 e. The van der Waals surface area contributed by atoms with Gasteiger partial charge in [0.1, 0.15) is 24.4 Å². The molecular formula is C17H28N6O9. The number of nitrogens with zero attached hydrogens (tertiary/aromatic N) is 6. The van der Waals surface area contributed by atoms with E-state index in [1.54, 1.807) is 13.8 Å². The van der Waals surface area contributed by atoms with Gasteiger partial charge in [0.05, 0.1) is 12.2 Å². The van der Waals surface area contributed by atoms with Crippen molar-refractivity contribution in [3.05, 3.63) is 20.9 Å². The highest BCUT2D eigenvalue weighted by atomic mass is 16.6. The third kappa shape index (κ3) is 7.21. The van der Waals surface area contributed by atoms with Crippen LogP contribution in [-0.4, -0.2) is 82.4 Å². The summed E-state index contributed by atoms with van der Waals surface area (Å²) in [5.74, 6) is -1.26. The fourth-order valence-electron chi connectivity index (χ4n) is 3.15. The highest BCUT2D eigenvalue weighted by molar-refractivity contribution is 5.67. The summed E-state index contributed by atoms with van der Waals surface area (Å²) in [6.07, 6.45) is -8.67. The minimum atomic E-state index is -1.39. The summed E-state index contributed by atoms with van der Waals surface area (Å²) in [5, 5.41) is 34.3. The van der Waals surface area contributed by atoms with E-state index in [-0.39, 0.29) is 12.0 Å². The average molecular weight is 460 g/mol. The van der Waals surface area contributed by atoms with Gasteiger partial charge in [-0.2, -0.15) is 0 Å². The molecule has 180 valence electrons. The Hall–Kier alpha value is -2.64. The fraction of sp³-hybridized carbons (Fsp3) is 0.882. The Bertz CT molecular complexity index is 757. The molecule has 0 bridgehead atoms. The van der Waals surface area contributed by atoms with Crippen molar-refractivity contribution in [2.75, 3.05) is 0 Å². The summed E-state index contributed by atoms with van der Waals surface area (Å²) in [7, 11) is 0. The number of hydrogen-bond acceptors (Lipinski definition) is 11. The topological polar surface area (TPSA) is 229 Å². The number of hydrogen-bond donors (Lipinski definition) is 3. The van der Waals surface area contributed by atoms with E-state index in [2.05, 4.69) is 20.1 Å². The van der Waals surface area contributed by atoms with Crippen molar-refractivity contribution in [3.8, 4) is 0 Å². The van der Waals surface area contributed by atoms with Crippen LogP contribution in [0.1, 0.15) is 34.6 Å². The first-order chi connectivity index (χ1) is 14.9. The molecule has 15 nitrogen and oxygen atoms in total. The minimum absolute atomic E-state index is 0.196. The van der Waals surface area contributed by atoms with E-state index in [4.69, 9.17) is 30.0 Å². The van der Waals surface area contributed by atoms with E-state index in [0.29, 0.717) is 0 Å². The van der Waals surface area contributed by atoms with Gasteiger partial charge in [-0.25, -0.2) is 0 Å². The van der Waals surface area contributed by atoms with E-state index in [0.717, 1.165) is 0 Å². The molecule has 0 saturated carbocycles. The van der Waals surface area contributed by atoms with Gasteiger partial charge in [0.2, 0.25) is 0 Å². The molecule has 0 aromatic carbocycles. The summed E-state index contributed by atoms with van der Waals surface area (Å²) >= 11 is 0. The number of carbonyl (C=O) groups excluding carboxylic acids is 2. The van der Waals surface area contributed by atoms with Gasteiger partial charge in [-0.15, -0.1) is 0 Å². The van der Waals surface area contributed by atoms with Crippen molar-refractivity contribution in [3.63, 3.8) is 0 Å². The molecule has 3 N–H and O–H groups in total. The average Bonchev–Trinajstić information content (AvgIpc) is 2.71. The van der Waals surface area contributed by atoms with Crippen LogP contribution in [0.15, 0.2) is 10.2 Å². The first kappa shape index (κ1) is 27.4. The lowest BCUT2D eigenvalue weighted by Gasteiger charge is -2.41. The number of rotatable bonds is 4. The first-order valence-corrected chi connectivity index (χ1v) is 9.72. The number of azide groups is 2. The molecule has 32 heavy (non-hydrogen) atoms. The predicted octanol–water partition coefficient (Wildman–Crippen LogP) is 0.665. The molecule has 0 aliphatic carbocycles. The zero-order chi connectivity index (χ0) is 24.6. The zero-order valence-electron chi connectivity index (χ0n) is 18.2. The van der Waals surface area contributed by atoms with Crippen LogP contribution in [0.25, 0.3) is 20.9 Å². The Morgan fingerprint density at radius 1 is 0.781 bits per heavy atom. The van der Waals surface area contributed by atoms with Crippen LogP contribution in [0, 0.1) is 5.92 Å². The summed E-state index contributed by atoms with van der Waals surface area (Å²) in [4.78, 5) is 27.4. The normalized spacial score (nSPS) is 38.6. The Morgan fingerprint density at radius 3 is 1.75 bits per heavy atom. The van der Waals surface area contributed by atoms with E-state index in [1.165, 1.54) is 20.8 Å². The van der Waals surface area contributed by atoms with Crippen molar-refractivity contribution in [1.29, 1.82) is 0 Å². The lowest BCUT2D eigenvalue weighted by Crippen LogP contribution is -2.55. The quantitative estimate of drug-likeness (QED) is 0.231. The Labute approximate surface area is 183 Å². The van der Waals surface area contributed by atoms with Gasteiger partial charge in [0.25, 0.3) is 0 Å². The van der Waals surface area contributed by atoms with E-state index in [1.807, 2.05) is 0 Å². The number of aliphatic hydroxyl groups excluding tert-OH is 3. The second-order valence-corrected chi connectivity index (χ2v) is 7.35. The summed E-state index contributed by atoms with van der Waals surface area (Å²) in [6.45, 7) is 7.58. The standard InChI is InChI=1S/C11H17N3O5.C6H11N3O4/c1-5-6(2)17-11(13-14-12)10(19-8(4)16)9(5)18-7(3)15;1-2-3(10)4(11)5(12)6(13-2)8-9-7/h5-6,9-11H,1-4H3;2-6,10-12H,1H3/t5-,6?,9?,10+,11+;2?,3-,4?,5+,6+/m11/s1. The molecule has 2 fully saturated rings. The molecule has 2 saturated heterocycles. The number of carbonyl (C=O) groups is 2. The van der Waals surface area contributed by atoms with Crippen LogP contribution < -0.4 is 0 Å². The highest BCUT2D eigenvalue weighted by Crippen LogP contribution is 2.31. The first-order valence-electron chi connectivity index (χ1n) is 9.72. The third-order valence-corrected chi connectivity index (χ3v) is 4.98. The summed E-state index contributed by atoms with van der Waals surface area (Å²) < 4.78 is 20.7. The number of esters is 2. The Balaban J connectivity index is 0.000000343. The maximum Gasteiger partial charge on any atom is 0.303 e. The van der Waals surface area contributed by atoms with Crippen LogP contribution in [0.2, 0.25) is 0 Å². The van der Waals surface area contributed by atoms with Gasteiger partial charge in [-0.3, -0.25) is 9.59 Å². The van der Waals surface area contributed by atoms with Gasteiger partial charge in [-0.1, -0.05) is 17.2 Å². The predicted molar refractivity (Wildman–Crippen MR) is 105 cm³/mol. The van der Waals surface area contributed by atoms with E-state index < -0.39 is 61.0 Å². The zero-order valence-corrected chi connectivity index (χ0v) is 18.2. The van der Waals surface area contributed by atoms with Crippen molar-refractivity contribution < 1.29 is 43.9 Å². The molecule has 4 unspecified atom stereocenters. The molecule has 2 heterocycles. The molecule has 0 aromatic rings. The van der Waals surface area contributed by atoms with Gasteiger partial charge in [0, 0.05) is 29.6 Å². The van der Waals surface area contributed by atoms with Gasteiger partial charge in [0.15, 0.2) is 18.6 Å². The smallest absolute Gasteiger partial charge is 0.303 e. The van der Waals surface area contributed by atoms with Crippen LogP contribution in [0.3, 0.4) is 0 Å². The fourth-order valence-corrected chi connectivity index (χ4v) is 3.15. The molecule has 15 heteroatoms. The molecule has 0 aromatic heterocycles. The van der Waals surface area contributed by atoms with Crippen LogP contribution >= 0.6 is 0 Å². The van der Waals surface area contributed by atoms with Gasteiger partial charge in [-0.05, 0) is 24.9 Å². The molecule has 10 atom stereocenters. The summed E-state index contributed by atoms with van der Waals surface area (Å²) in [5.41, 5.74) is 16.6. The second kappa shape index (κ2) is 12.4.